The highest BCUT2D eigenvalue weighted by Gasteiger charge is 2.28. The molecule has 1 aliphatic carbocycles. The van der Waals surface area contributed by atoms with E-state index in [0.29, 0.717) is 11.4 Å². The molecule has 1 aromatic rings. The molecule has 18 heavy (non-hydrogen) atoms. The molecule has 5 heteroatoms. The summed E-state index contributed by atoms with van der Waals surface area (Å²) in [5.41, 5.74) is 3.53. The van der Waals surface area contributed by atoms with Crippen molar-refractivity contribution in [3.8, 4) is 0 Å². The zero-order valence-electron chi connectivity index (χ0n) is 10.7. The molecule has 0 unspecified atom stereocenters. The minimum Gasteiger partial charge on any atom is -0.346 e. The van der Waals surface area contributed by atoms with Crippen molar-refractivity contribution in [3.05, 3.63) is 24.0 Å². The van der Waals surface area contributed by atoms with Gasteiger partial charge >= 0.3 is 0 Å². The fourth-order valence-corrected chi connectivity index (χ4v) is 2.41. The Morgan fingerprint density at radius 2 is 2.06 bits per heavy atom. The Morgan fingerprint density at radius 3 is 2.61 bits per heavy atom. The lowest BCUT2D eigenvalue weighted by molar-refractivity contribution is 0.0877. The van der Waals surface area contributed by atoms with Crippen LogP contribution in [0.2, 0.25) is 0 Å². The van der Waals surface area contributed by atoms with E-state index >= 15 is 0 Å². The average Bonchev–Trinajstić information content (AvgIpc) is 2.39. The zero-order chi connectivity index (χ0) is 13.0. The third-order valence-corrected chi connectivity index (χ3v) is 3.54. The summed E-state index contributed by atoms with van der Waals surface area (Å²) in [5, 5.41) is 3.10. The highest BCUT2D eigenvalue weighted by Crippen LogP contribution is 2.27. The fourth-order valence-electron chi connectivity index (χ4n) is 2.41. The van der Waals surface area contributed by atoms with Crippen LogP contribution in [0.25, 0.3) is 0 Å². The van der Waals surface area contributed by atoms with Gasteiger partial charge in [0.1, 0.15) is 5.69 Å². The summed E-state index contributed by atoms with van der Waals surface area (Å²) >= 11 is 0. The first-order chi connectivity index (χ1) is 8.63. The topological polar surface area (TPSA) is 80.0 Å². The molecular weight excluding hydrogens is 228 g/mol. The molecule has 0 aliphatic heterocycles. The molecule has 5 nitrogen and oxygen atoms in total. The van der Waals surface area contributed by atoms with Gasteiger partial charge < -0.3 is 10.7 Å². The van der Waals surface area contributed by atoms with Gasteiger partial charge in [-0.05, 0) is 31.9 Å². The predicted molar refractivity (Wildman–Crippen MR) is 71.0 cm³/mol. The lowest BCUT2D eigenvalue weighted by Gasteiger charge is -2.34. The molecule has 0 saturated heterocycles. The summed E-state index contributed by atoms with van der Waals surface area (Å²) < 4.78 is 0. The maximum atomic E-state index is 12.1. The van der Waals surface area contributed by atoms with Crippen LogP contribution in [0.15, 0.2) is 18.3 Å². The number of hydrazine groups is 1. The van der Waals surface area contributed by atoms with E-state index in [1.165, 1.54) is 19.3 Å². The van der Waals surface area contributed by atoms with Crippen molar-refractivity contribution in [2.75, 3.05) is 5.43 Å². The number of anilines is 1. The Labute approximate surface area is 107 Å². The second kappa shape index (κ2) is 5.35. The Morgan fingerprint density at radius 1 is 1.33 bits per heavy atom. The molecule has 4 N–H and O–H groups in total. The van der Waals surface area contributed by atoms with E-state index in [-0.39, 0.29) is 11.4 Å². The van der Waals surface area contributed by atoms with Gasteiger partial charge in [-0.2, -0.15) is 0 Å². The number of nitrogens with two attached hydrogens (primary N) is 1. The largest absolute Gasteiger partial charge is 0.346 e. The molecule has 0 atom stereocenters. The Kier molecular flexibility index (Phi) is 3.81. The number of pyridine rings is 1. The fraction of sp³-hybridized carbons (Fsp3) is 0.538. The number of aromatic nitrogens is 1. The molecule has 98 valence electrons. The number of hydrogen-bond acceptors (Lipinski definition) is 4. The number of carbonyl (C=O) groups is 1. The van der Waals surface area contributed by atoms with Crippen LogP contribution >= 0.6 is 0 Å². The van der Waals surface area contributed by atoms with Gasteiger partial charge in [0.05, 0.1) is 11.9 Å². The predicted octanol–water partition coefficient (Wildman–Crippen LogP) is 1.82. The lowest BCUT2D eigenvalue weighted by Crippen LogP contribution is -2.47. The second-order valence-corrected chi connectivity index (χ2v) is 5.15. The number of carbonyl (C=O) groups excluding carboxylic acids is 1. The first kappa shape index (κ1) is 12.8. The van der Waals surface area contributed by atoms with Crippen molar-refractivity contribution >= 4 is 11.6 Å². The molecule has 0 radical (unpaired) electrons. The minimum atomic E-state index is -0.108. The van der Waals surface area contributed by atoms with Gasteiger partial charge in [0, 0.05) is 5.54 Å². The molecule has 1 heterocycles. The molecule has 1 amide bonds. The molecule has 1 aromatic heterocycles. The first-order valence-corrected chi connectivity index (χ1v) is 6.38. The van der Waals surface area contributed by atoms with Gasteiger partial charge in [-0.1, -0.05) is 19.3 Å². The normalized spacial score (nSPS) is 18.1. The molecule has 0 bridgehead atoms. The Balaban J connectivity index is 2.02. The summed E-state index contributed by atoms with van der Waals surface area (Å²) in [6.07, 6.45) is 7.27. The Hall–Kier alpha value is -1.62. The van der Waals surface area contributed by atoms with E-state index in [1.54, 1.807) is 18.3 Å². The summed E-state index contributed by atoms with van der Waals surface area (Å²) in [4.78, 5) is 16.2. The molecule has 0 spiro atoms. The van der Waals surface area contributed by atoms with Gasteiger partial charge in [-0.3, -0.25) is 10.6 Å². The van der Waals surface area contributed by atoms with Gasteiger partial charge in [0.15, 0.2) is 0 Å². The van der Waals surface area contributed by atoms with Crippen molar-refractivity contribution in [2.24, 2.45) is 5.84 Å². The smallest absolute Gasteiger partial charge is 0.270 e. The number of rotatable bonds is 3. The monoisotopic (exact) mass is 248 g/mol. The van der Waals surface area contributed by atoms with Crippen LogP contribution in [0.1, 0.15) is 49.5 Å². The third-order valence-electron chi connectivity index (χ3n) is 3.54. The van der Waals surface area contributed by atoms with Gasteiger partial charge in [0.2, 0.25) is 0 Å². The van der Waals surface area contributed by atoms with E-state index in [2.05, 4.69) is 22.7 Å². The van der Waals surface area contributed by atoms with Crippen molar-refractivity contribution in [1.82, 2.24) is 10.3 Å². The molecule has 1 fully saturated rings. The first-order valence-electron chi connectivity index (χ1n) is 6.38. The maximum absolute atomic E-state index is 12.1. The van der Waals surface area contributed by atoms with Crippen molar-refractivity contribution in [1.29, 1.82) is 0 Å². The summed E-state index contributed by atoms with van der Waals surface area (Å²) in [5.74, 6) is 5.15. The van der Waals surface area contributed by atoms with Gasteiger partial charge in [-0.15, -0.1) is 0 Å². The quantitative estimate of drug-likeness (QED) is 0.563. The van der Waals surface area contributed by atoms with E-state index < -0.39 is 0 Å². The lowest BCUT2D eigenvalue weighted by atomic mass is 9.83. The van der Waals surface area contributed by atoms with E-state index in [4.69, 9.17) is 5.84 Å². The molecule has 2 rings (SSSR count). The van der Waals surface area contributed by atoms with Gasteiger partial charge in [-0.25, -0.2) is 4.98 Å². The van der Waals surface area contributed by atoms with E-state index in [0.717, 1.165) is 12.8 Å². The molecule has 1 saturated carbocycles. The van der Waals surface area contributed by atoms with Crippen LogP contribution in [0.3, 0.4) is 0 Å². The number of hydrogen-bond donors (Lipinski definition) is 3. The van der Waals surface area contributed by atoms with Crippen LogP contribution in [-0.2, 0) is 0 Å². The standard InChI is InChI=1S/C13H20N4O/c1-13(7-3-2-4-8-13)16-12(18)11-6-5-10(17-14)9-15-11/h5-6,9,17H,2-4,7-8,14H2,1H3,(H,16,18). The SMILES string of the molecule is CC1(NC(=O)c2ccc(NN)cn2)CCCCC1. The summed E-state index contributed by atoms with van der Waals surface area (Å²) in [6, 6.07) is 3.42. The van der Waals surface area contributed by atoms with Crippen molar-refractivity contribution in [3.63, 3.8) is 0 Å². The van der Waals surface area contributed by atoms with E-state index in [9.17, 15) is 4.79 Å². The molecule has 0 aromatic carbocycles. The molecular formula is C13H20N4O. The van der Waals surface area contributed by atoms with Crippen LogP contribution in [0.5, 0.6) is 0 Å². The highest BCUT2D eigenvalue weighted by molar-refractivity contribution is 5.92. The third kappa shape index (κ3) is 2.98. The summed E-state index contributed by atoms with van der Waals surface area (Å²) in [7, 11) is 0. The van der Waals surface area contributed by atoms with Crippen molar-refractivity contribution in [2.45, 2.75) is 44.6 Å². The number of nitrogen functional groups attached to an aromatic ring is 1. The Bertz CT molecular complexity index is 410. The van der Waals surface area contributed by atoms with Crippen LogP contribution in [0.4, 0.5) is 5.69 Å². The number of amides is 1. The van der Waals surface area contributed by atoms with Crippen LogP contribution in [0, 0.1) is 0 Å². The highest BCUT2D eigenvalue weighted by atomic mass is 16.2. The number of nitrogens with one attached hydrogen (secondary N) is 2. The zero-order valence-corrected chi connectivity index (χ0v) is 10.7. The second-order valence-electron chi connectivity index (χ2n) is 5.15. The maximum Gasteiger partial charge on any atom is 0.270 e. The van der Waals surface area contributed by atoms with Crippen LogP contribution < -0.4 is 16.6 Å². The average molecular weight is 248 g/mol. The minimum absolute atomic E-state index is 0.0815. The van der Waals surface area contributed by atoms with Crippen molar-refractivity contribution < 1.29 is 4.79 Å². The van der Waals surface area contributed by atoms with Gasteiger partial charge in [0.25, 0.3) is 5.91 Å². The number of nitrogens with zero attached hydrogens (tertiary/aromatic N) is 1. The summed E-state index contributed by atoms with van der Waals surface area (Å²) in [6.45, 7) is 2.11. The van der Waals surface area contributed by atoms with Crippen LogP contribution in [-0.4, -0.2) is 16.4 Å². The molecule has 1 aliphatic rings. The van der Waals surface area contributed by atoms with E-state index in [1.807, 2.05) is 0 Å².